The second kappa shape index (κ2) is 6.28. The van der Waals surface area contributed by atoms with E-state index in [1.165, 1.54) is 0 Å². The summed E-state index contributed by atoms with van der Waals surface area (Å²) >= 11 is 0. The van der Waals surface area contributed by atoms with Crippen molar-refractivity contribution in [2.45, 2.75) is 45.6 Å². The van der Waals surface area contributed by atoms with Gasteiger partial charge in [-0.2, -0.15) is 5.10 Å². The number of carbonyl (C=O) groups is 1. The average Bonchev–Trinajstić information content (AvgIpc) is 3.17. The second-order valence-electron chi connectivity index (χ2n) is 7.31. The van der Waals surface area contributed by atoms with Crippen LogP contribution in [0.15, 0.2) is 12.3 Å². The molecule has 1 aromatic heterocycles. The smallest absolute Gasteiger partial charge is 0.407 e. The highest BCUT2D eigenvalue weighted by molar-refractivity contribution is 5.67. The zero-order chi connectivity index (χ0) is 16.4. The summed E-state index contributed by atoms with van der Waals surface area (Å²) in [5, 5.41) is 17.2. The van der Waals surface area contributed by atoms with Crippen LogP contribution in [0.1, 0.15) is 39.3 Å². The van der Waals surface area contributed by atoms with Crippen LogP contribution in [0, 0.1) is 11.3 Å². The summed E-state index contributed by atoms with van der Waals surface area (Å²) in [4.78, 5) is 11.9. The van der Waals surface area contributed by atoms with Crippen molar-refractivity contribution in [1.82, 2.24) is 15.1 Å². The van der Waals surface area contributed by atoms with E-state index in [0.717, 1.165) is 18.5 Å². The predicted octanol–water partition coefficient (Wildman–Crippen LogP) is 1.88. The molecular weight excluding hydrogens is 282 g/mol. The topological polar surface area (TPSA) is 76.4 Å². The molecule has 1 aliphatic rings. The van der Waals surface area contributed by atoms with Crippen LogP contribution in [0.25, 0.3) is 0 Å². The average molecular weight is 309 g/mol. The lowest BCUT2D eigenvalue weighted by molar-refractivity contribution is 0.0438. The largest absolute Gasteiger partial charge is 0.444 e. The van der Waals surface area contributed by atoms with Crippen molar-refractivity contribution >= 4 is 6.09 Å². The molecule has 124 valence electrons. The van der Waals surface area contributed by atoms with E-state index in [2.05, 4.69) is 10.4 Å². The van der Waals surface area contributed by atoms with Crippen LogP contribution in [-0.4, -0.2) is 39.7 Å². The maximum atomic E-state index is 11.9. The summed E-state index contributed by atoms with van der Waals surface area (Å²) in [6, 6.07) is 1.96. The van der Waals surface area contributed by atoms with Crippen molar-refractivity contribution in [2.24, 2.45) is 18.4 Å². The molecule has 0 aromatic carbocycles. The lowest BCUT2D eigenvalue weighted by atomic mass is 9.79. The summed E-state index contributed by atoms with van der Waals surface area (Å²) in [5.41, 5.74) is 0.0621. The highest BCUT2D eigenvalue weighted by Gasteiger charge is 2.45. The highest BCUT2D eigenvalue weighted by Crippen LogP contribution is 2.47. The van der Waals surface area contributed by atoms with Gasteiger partial charge in [-0.25, -0.2) is 4.79 Å². The van der Waals surface area contributed by atoms with Crippen LogP contribution in [0.4, 0.5) is 4.79 Å². The van der Waals surface area contributed by atoms with Gasteiger partial charge in [0.15, 0.2) is 0 Å². The molecule has 1 heterocycles. The number of aryl methyl sites for hydroxylation is 1. The summed E-state index contributed by atoms with van der Waals surface area (Å²) in [7, 11) is 1.88. The Hall–Kier alpha value is -1.56. The van der Waals surface area contributed by atoms with Gasteiger partial charge in [0.2, 0.25) is 0 Å². The second-order valence-corrected chi connectivity index (χ2v) is 7.31. The molecule has 1 atom stereocenters. The molecule has 2 N–H and O–H groups in total. The molecule has 1 aliphatic carbocycles. The summed E-state index contributed by atoms with van der Waals surface area (Å²) < 4.78 is 7.04. The molecule has 6 nitrogen and oxygen atoms in total. The number of aliphatic hydroxyl groups is 1. The number of aromatic nitrogens is 2. The summed E-state index contributed by atoms with van der Waals surface area (Å²) in [6.07, 6.45) is 4.29. The predicted molar refractivity (Wildman–Crippen MR) is 83.4 cm³/mol. The Morgan fingerprint density at radius 3 is 2.64 bits per heavy atom. The third-order valence-electron chi connectivity index (χ3n) is 4.04. The molecule has 0 bridgehead atoms. The quantitative estimate of drug-likeness (QED) is 0.841. The van der Waals surface area contributed by atoms with Crippen LogP contribution in [-0.2, 0) is 18.2 Å². The molecule has 0 aliphatic heterocycles. The van der Waals surface area contributed by atoms with Crippen molar-refractivity contribution in [1.29, 1.82) is 0 Å². The Kier molecular flexibility index (Phi) is 4.80. The minimum atomic E-state index is -0.521. The molecule has 0 saturated heterocycles. The number of ether oxygens (including phenoxy) is 1. The molecule has 1 saturated carbocycles. The van der Waals surface area contributed by atoms with E-state index in [4.69, 9.17) is 4.74 Å². The van der Waals surface area contributed by atoms with Crippen LogP contribution < -0.4 is 5.32 Å². The van der Waals surface area contributed by atoms with Crippen molar-refractivity contribution in [3.63, 3.8) is 0 Å². The van der Waals surface area contributed by atoms with Crippen molar-refractivity contribution in [3.8, 4) is 0 Å². The molecule has 22 heavy (non-hydrogen) atoms. The van der Waals surface area contributed by atoms with Gasteiger partial charge >= 0.3 is 6.09 Å². The summed E-state index contributed by atoms with van der Waals surface area (Å²) in [5.74, 6) is 0.425. The van der Waals surface area contributed by atoms with E-state index in [-0.39, 0.29) is 12.0 Å². The monoisotopic (exact) mass is 309 g/mol. The van der Waals surface area contributed by atoms with Crippen LogP contribution in [0.5, 0.6) is 0 Å². The zero-order valence-electron chi connectivity index (χ0n) is 13.9. The van der Waals surface area contributed by atoms with Gasteiger partial charge < -0.3 is 15.2 Å². The fourth-order valence-electron chi connectivity index (χ4n) is 2.77. The van der Waals surface area contributed by atoms with Gasteiger partial charge in [-0.05, 0) is 45.6 Å². The van der Waals surface area contributed by atoms with Crippen molar-refractivity contribution in [3.05, 3.63) is 18.0 Å². The van der Waals surface area contributed by atoms with Crippen LogP contribution in [0.3, 0.4) is 0 Å². The fourth-order valence-corrected chi connectivity index (χ4v) is 2.77. The maximum absolute atomic E-state index is 11.9. The number of alkyl carbamates (subject to hydrolysis) is 1. The van der Waals surface area contributed by atoms with E-state index in [0.29, 0.717) is 18.9 Å². The van der Waals surface area contributed by atoms with Gasteiger partial charge in [0.25, 0.3) is 0 Å². The number of nitrogens with one attached hydrogen (secondary N) is 1. The van der Waals surface area contributed by atoms with E-state index < -0.39 is 11.7 Å². The first-order chi connectivity index (χ1) is 10.2. The molecule has 0 spiro atoms. The van der Waals surface area contributed by atoms with E-state index in [1.807, 2.05) is 40.1 Å². The molecule has 1 aromatic rings. The third kappa shape index (κ3) is 4.47. The standard InChI is InChI=1S/C16H27N3O3/c1-15(2,3)22-14(21)17-10-16(11-20,12-5-6-12)9-13-7-8-19(4)18-13/h7-8,12,20H,5-6,9-11H2,1-4H3,(H,17,21). The zero-order valence-corrected chi connectivity index (χ0v) is 13.9. The Morgan fingerprint density at radius 1 is 1.50 bits per heavy atom. The van der Waals surface area contributed by atoms with Crippen LogP contribution in [0.2, 0.25) is 0 Å². The van der Waals surface area contributed by atoms with Crippen LogP contribution >= 0.6 is 0 Å². The van der Waals surface area contributed by atoms with Gasteiger partial charge in [-0.15, -0.1) is 0 Å². The molecule has 2 rings (SSSR count). The molecule has 0 radical (unpaired) electrons. The lowest BCUT2D eigenvalue weighted by Gasteiger charge is -2.32. The SMILES string of the molecule is Cn1ccc(CC(CO)(CNC(=O)OC(C)(C)C)C2CC2)n1. The number of aliphatic hydroxyl groups excluding tert-OH is 1. The third-order valence-corrected chi connectivity index (χ3v) is 4.04. The number of hydrogen-bond donors (Lipinski definition) is 2. The molecule has 1 unspecified atom stereocenters. The summed E-state index contributed by atoms with van der Waals surface area (Å²) in [6.45, 7) is 5.94. The number of nitrogens with zero attached hydrogens (tertiary/aromatic N) is 2. The Morgan fingerprint density at radius 2 is 2.18 bits per heavy atom. The first-order valence-corrected chi connectivity index (χ1v) is 7.80. The van der Waals surface area contributed by atoms with Gasteiger partial charge in [0.05, 0.1) is 12.3 Å². The first kappa shape index (κ1) is 16.8. The number of carbonyl (C=O) groups excluding carboxylic acids is 1. The highest BCUT2D eigenvalue weighted by atomic mass is 16.6. The number of rotatable bonds is 6. The molecular formula is C16H27N3O3. The van der Waals surface area contributed by atoms with Gasteiger partial charge in [0.1, 0.15) is 5.60 Å². The number of amides is 1. The fraction of sp³-hybridized carbons (Fsp3) is 0.750. The molecule has 1 fully saturated rings. The first-order valence-electron chi connectivity index (χ1n) is 7.80. The number of hydrogen-bond acceptors (Lipinski definition) is 4. The van der Waals surface area contributed by atoms with E-state index in [1.54, 1.807) is 4.68 Å². The maximum Gasteiger partial charge on any atom is 0.407 e. The van der Waals surface area contributed by atoms with Crippen molar-refractivity contribution in [2.75, 3.05) is 13.2 Å². The molecule has 1 amide bonds. The Labute approximate surface area is 131 Å². The normalized spacial score (nSPS) is 17.9. The van der Waals surface area contributed by atoms with E-state index in [9.17, 15) is 9.90 Å². The Balaban J connectivity index is 2.01. The lowest BCUT2D eigenvalue weighted by Crippen LogP contribution is -2.45. The van der Waals surface area contributed by atoms with Gasteiger partial charge in [-0.3, -0.25) is 4.68 Å². The molecule has 6 heteroatoms. The van der Waals surface area contributed by atoms with Crippen molar-refractivity contribution < 1.29 is 14.6 Å². The van der Waals surface area contributed by atoms with Gasteiger partial charge in [-0.1, -0.05) is 0 Å². The minimum absolute atomic E-state index is 0.0318. The van der Waals surface area contributed by atoms with Gasteiger partial charge in [0, 0.05) is 31.6 Å². The van der Waals surface area contributed by atoms with E-state index >= 15 is 0 Å². The minimum Gasteiger partial charge on any atom is -0.444 e. The Bertz CT molecular complexity index is 517.